The van der Waals surface area contributed by atoms with E-state index in [9.17, 15) is 4.79 Å². The molecule has 166 valence electrons. The Hall–Kier alpha value is -1.85. The first kappa shape index (κ1) is 30.9. The summed E-state index contributed by atoms with van der Waals surface area (Å²) < 4.78 is 0. The molecule has 28 heavy (non-hydrogen) atoms. The summed E-state index contributed by atoms with van der Waals surface area (Å²) in [6.45, 7) is 4.43. The van der Waals surface area contributed by atoms with Gasteiger partial charge in [0.1, 0.15) is 0 Å². The van der Waals surface area contributed by atoms with Gasteiger partial charge >= 0.3 is 5.97 Å². The molecule has 0 rings (SSSR count). The van der Waals surface area contributed by atoms with Crippen LogP contribution in [-0.2, 0) is 14.4 Å². The van der Waals surface area contributed by atoms with E-state index in [1.54, 1.807) is 0 Å². The minimum absolute atomic E-state index is 0.332. The normalized spacial score (nSPS) is 9.82. The fourth-order valence-electron chi connectivity index (χ4n) is 2.35. The van der Waals surface area contributed by atoms with Crippen molar-refractivity contribution in [3.63, 3.8) is 0 Å². The number of allylic oxidation sites excluding steroid dienone is 2. The van der Waals surface area contributed by atoms with E-state index in [0.717, 1.165) is 26.7 Å². The fraction of sp³-hybridized carbons (Fsp3) is 0.773. The number of hydrogen-bond acceptors (Lipinski definition) is 3. The number of carbonyl (C=O) groups is 3. The topological polar surface area (TPSA) is 112 Å². The number of carboxylic acids is 3. The van der Waals surface area contributed by atoms with Gasteiger partial charge in [-0.2, -0.15) is 0 Å². The predicted molar refractivity (Wildman–Crippen MR) is 114 cm³/mol. The molecule has 0 aliphatic rings. The van der Waals surface area contributed by atoms with Crippen LogP contribution in [0.1, 0.15) is 111 Å². The van der Waals surface area contributed by atoms with Crippen molar-refractivity contribution in [2.24, 2.45) is 0 Å². The molecule has 0 aromatic heterocycles. The van der Waals surface area contributed by atoms with Crippen LogP contribution in [0.3, 0.4) is 0 Å². The molecule has 6 heteroatoms. The van der Waals surface area contributed by atoms with Crippen molar-refractivity contribution in [2.75, 3.05) is 0 Å². The fourth-order valence-corrected chi connectivity index (χ4v) is 2.35. The lowest BCUT2D eigenvalue weighted by atomic mass is 10.1. The van der Waals surface area contributed by atoms with E-state index in [1.807, 2.05) is 0 Å². The highest BCUT2D eigenvalue weighted by Crippen LogP contribution is 2.09. The Bertz CT molecular complexity index is 370. The van der Waals surface area contributed by atoms with Crippen molar-refractivity contribution in [3.05, 3.63) is 12.2 Å². The van der Waals surface area contributed by atoms with Gasteiger partial charge in [-0.1, -0.05) is 70.4 Å². The first-order valence-electron chi connectivity index (χ1n) is 10.5. The van der Waals surface area contributed by atoms with Crippen LogP contribution >= 0.6 is 0 Å². The van der Waals surface area contributed by atoms with Gasteiger partial charge in [-0.05, 0) is 32.1 Å². The van der Waals surface area contributed by atoms with E-state index < -0.39 is 17.9 Å². The molecule has 0 fully saturated rings. The van der Waals surface area contributed by atoms with Gasteiger partial charge in [-0.15, -0.1) is 0 Å². The molecule has 0 unspecified atom stereocenters. The van der Waals surface area contributed by atoms with Crippen molar-refractivity contribution < 1.29 is 29.7 Å². The highest BCUT2D eigenvalue weighted by atomic mass is 16.4. The number of hydrogen-bond donors (Lipinski definition) is 3. The number of unbranched alkanes of at least 4 members (excludes halogenated alkanes) is 11. The summed E-state index contributed by atoms with van der Waals surface area (Å²) in [4.78, 5) is 28.3. The smallest absolute Gasteiger partial charge is 0.303 e. The predicted octanol–water partition coefficient (Wildman–Crippen LogP) is 6.29. The Morgan fingerprint density at radius 1 is 0.607 bits per heavy atom. The Kier molecular flexibility index (Phi) is 30.2. The first-order chi connectivity index (χ1) is 13.2. The molecule has 3 N–H and O–H groups in total. The van der Waals surface area contributed by atoms with Crippen LogP contribution in [0.2, 0.25) is 0 Å². The van der Waals surface area contributed by atoms with E-state index >= 15 is 0 Å². The lowest BCUT2D eigenvalue weighted by Gasteiger charge is -1.99. The average molecular weight is 403 g/mol. The van der Waals surface area contributed by atoms with Gasteiger partial charge in [0.25, 0.3) is 11.9 Å². The third kappa shape index (κ3) is 56.4. The Balaban J connectivity index is -0.000000656. The zero-order valence-corrected chi connectivity index (χ0v) is 18.1. The summed E-state index contributed by atoms with van der Waals surface area (Å²) in [5.74, 6) is -2.33. The van der Waals surface area contributed by atoms with Crippen molar-refractivity contribution in [3.8, 4) is 0 Å². The van der Waals surface area contributed by atoms with E-state index in [1.165, 1.54) is 70.6 Å². The van der Waals surface area contributed by atoms with Gasteiger partial charge in [0, 0.05) is 20.3 Å². The lowest BCUT2D eigenvalue weighted by Crippen LogP contribution is -1.93. The van der Waals surface area contributed by atoms with Gasteiger partial charge in [0.05, 0.1) is 0 Å². The molecule has 0 heterocycles. The Labute approximate surface area is 171 Å². The number of rotatable bonds is 15. The molecule has 0 aromatic carbocycles. The molecule has 0 bridgehead atoms. The van der Waals surface area contributed by atoms with Crippen LogP contribution in [0.5, 0.6) is 0 Å². The molecule has 6 nitrogen and oxygen atoms in total. The zero-order valence-electron chi connectivity index (χ0n) is 18.1. The zero-order chi connectivity index (χ0) is 22.0. The molecule has 0 aromatic rings. The maximum Gasteiger partial charge on any atom is 0.303 e. The Morgan fingerprint density at radius 2 is 0.929 bits per heavy atom. The van der Waals surface area contributed by atoms with Crippen LogP contribution in [0, 0.1) is 0 Å². The van der Waals surface area contributed by atoms with Gasteiger partial charge in [0.2, 0.25) is 0 Å². The first-order valence-corrected chi connectivity index (χ1v) is 10.5. The van der Waals surface area contributed by atoms with Crippen molar-refractivity contribution in [1.29, 1.82) is 0 Å². The maximum atomic E-state index is 10.3. The van der Waals surface area contributed by atoms with Gasteiger partial charge < -0.3 is 15.3 Å². The molecule has 0 amide bonds. The third-order valence-corrected chi connectivity index (χ3v) is 3.65. The van der Waals surface area contributed by atoms with Crippen molar-refractivity contribution in [2.45, 2.75) is 111 Å². The van der Waals surface area contributed by atoms with E-state index in [-0.39, 0.29) is 0 Å². The second-order valence-electron chi connectivity index (χ2n) is 6.77. The average Bonchev–Trinajstić information content (AvgIpc) is 2.57. The summed E-state index contributed by atoms with van der Waals surface area (Å²) in [6.07, 6.45) is 21.2. The highest BCUT2D eigenvalue weighted by Gasteiger charge is 1.95. The minimum atomic E-state index is -0.833. The van der Waals surface area contributed by atoms with Crippen LogP contribution < -0.4 is 0 Å². The van der Waals surface area contributed by atoms with Crippen molar-refractivity contribution >= 4 is 17.9 Å². The summed E-state index contributed by atoms with van der Waals surface area (Å²) in [5.41, 5.74) is 0. The summed E-state index contributed by atoms with van der Waals surface area (Å²) in [6, 6.07) is 0. The highest BCUT2D eigenvalue weighted by molar-refractivity contribution is 5.66. The molecular weight excluding hydrogens is 360 g/mol. The number of aliphatic carboxylic acids is 3. The molecular formula is C22H42O6. The minimum Gasteiger partial charge on any atom is -0.481 e. The van der Waals surface area contributed by atoms with E-state index in [0.29, 0.717) is 6.42 Å². The van der Waals surface area contributed by atoms with E-state index in [4.69, 9.17) is 24.9 Å². The van der Waals surface area contributed by atoms with Crippen LogP contribution in [0.15, 0.2) is 12.2 Å². The summed E-state index contributed by atoms with van der Waals surface area (Å²) in [7, 11) is 0. The molecule has 0 saturated carbocycles. The Morgan fingerprint density at radius 3 is 1.29 bits per heavy atom. The van der Waals surface area contributed by atoms with Crippen LogP contribution in [-0.4, -0.2) is 33.2 Å². The second kappa shape index (κ2) is 27.4. The largest absolute Gasteiger partial charge is 0.481 e. The molecule has 0 atom stereocenters. The summed E-state index contributed by atoms with van der Waals surface area (Å²) >= 11 is 0. The molecule has 0 radical (unpaired) electrons. The molecule has 0 spiro atoms. The lowest BCUT2D eigenvalue weighted by molar-refractivity contribution is -0.137. The SMILES string of the molecule is CC(=O)O.CC(=O)O.CCCCCCCC/C=C\CCCCCCCC(=O)O. The van der Waals surface area contributed by atoms with Gasteiger partial charge in [0.15, 0.2) is 0 Å². The molecule has 0 saturated heterocycles. The van der Waals surface area contributed by atoms with E-state index in [2.05, 4.69) is 19.1 Å². The number of carboxylic acid groups (broad SMARTS) is 3. The standard InChI is InChI=1S/C18H34O2.2C2H4O2/c1-2-3-4-5-6-7-8-9-10-11-12-13-14-15-16-17-18(19)20;2*1-2(3)4/h9-10H,2-8,11-17H2,1H3,(H,19,20);2*1H3,(H,3,4)/b10-9-;;. The molecule has 0 aliphatic heterocycles. The summed E-state index contributed by atoms with van der Waals surface area (Å²) in [5, 5.41) is 23.3. The van der Waals surface area contributed by atoms with Crippen LogP contribution in [0.4, 0.5) is 0 Å². The second-order valence-corrected chi connectivity index (χ2v) is 6.77. The van der Waals surface area contributed by atoms with Crippen molar-refractivity contribution in [1.82, 2.24) is 0 Å². The van der Waals surface area contributed by atoms with Gasteiger partial charge in [-0.3, -0.25) is 14.4 Å². The van der Waals surface area contributed by atoms with Crippen LogP contribution in [0.25, 0.3) is 0 Å². The third-order valence-electron chi connectivity index (χ3n) is 3.65. The maximum absolute atomic E-state index is 10.3. The van der Waals surface area contributed by atoms with Gasteiger partial charge in [-0.25, -0.2) is 0 Å². The molecule has 0 aliphatic carbocycles. The quantitative estimate of drug-likeness (QED) is 0.219. The monoisotopic (exact) mass is 402 g/mol.